The number of carbonyl (C=O) groups is 1. The number of nitrogens with zero attached hydrogens (tertiary/aromatic N) is 1. The van der Waals surface area contributed by atoms with Crippen molar-refractivity contribution < 1.29 is 13.2 Å². The fourth-order valence-corrected chi connectivity index (χ4v) is 4.25. The van der Waals surface area contributed by atoms with Gasteiger partial charge in [-0.2, -0.15) is 0 Å². The minimum atomic E-state index is -3.48. The van der Waals surface area contributed by atoms with Crippen LogP contribution in [0.3, 0.4) is 0 Å². The normalized spacial score (nSPS) is 12.4. The van der Waals surface area contributed by atoms with Crippen LogP contribution >= 0.6 is 11.6 Å². The van der Waals surface area contributed by atoms with Gasteiger partial charge < -0.3 is 5.32 Å². The Labute approximate surface area is 172 Å². The average molecular weight is 423 g/mol. The molecule has 152 valence electrons. The number of hydrogen-bond donors (Lipinski definition) is 1. The standard InChI is InChI=1S/C21H27ClN2O3S/c1-4-19(17-9-6-5-7-10-17)23-21(25)11-8-14-24(28(3,26)27)20-15-18(22)13-12-16(20)2/h5-7,9-10,12-13,15,19H,4,8,11,14H2,1-3H3,(H,23,25)/t19-/m0/s1. The number of rotatable bonds is 9. The van der Waals surface area contributed by atoms with E-state index >= 15 is 0 Å². The highest BCUT2D eigenvalue weighted by molar-refractivity contribution is 7.92. The van der Waals surface area contributed by atoms with Crippen LogP contribution in [-0.4, -0.2) is 27.1 Å². The molecule has 0 aliphatic carbocycles. The first-order chi connectivity index (χ1) is 13.2. The van der Waals surface area contributed by atoms with Gasteiger partial charge in [-0.05, 0) is 43.0 Å². The molecular formula is C21H27ClN2O3S. The molecule has 0 aliphatic rings. The van der Waals surface area contributed by atoms with Crippen molar-refractivity contribution in [3.8, 4) is 0 Å². The van der Waals surface area contributed by atoms with E-state index in [-0.39, 0.29) is 24.9 Å². The molecule has 0 aliphatic heterocycles. The van der Waals surface area contributed by atoms with Gasteiger partial charge in [0.2, 0.25) is 15.9 Å². The van der Waals surface area contributed by atoms with Gasteiger partial charge in [0.15, 0.2) is 0 Å². The van der Waals surface area contributed by atoms with Crippen molar-refractivity contribution in [2.75, 3.05) is 17.1 Å². The van der Waals surface area contributed by atoms with Crippen molar-refractivity contribution in [1.82, 2.24) is 5.32 Å². The quantitative estimate of drug-likeness (QED) is 0.648. The number of amides is 1. The van der Waals surface area contributed by atoms with Crippen LogP contribution in [0.25, 0.3) is 0 Å². The lowest BCUT2D eigenvalue weighted by molar-refractivity contribution is -0.121. The molecule has 1 N–H and O–H groups in total. The van der Waals surface area contributed by atoms with E-state index < -0.39 is 10.0 Å². The molecule has 7 heteroatoms. The number of anilines is 1. The summed E-state index contributed by atoms with van der Waals surface area (Å²) in [6.07, 6.45) is 2.61. The Bertz CT molecular complexity index is 901. The first-order valence-corrected chi connectivity index (χ1v) is 11.5. The van der Waals surface area contributed by atoms with E-state index in [2.05, 4.69) is 5.32 Å². The number of carbonyl (C=O) groups excluding carboxylic acids is 1. The summed E-state index contributed by atoms with van der Waals surface area (Å²) in [5.41, 5.74) is 2.42. The van der Waals surface area contributed by atoms with Crippen LogP contribution in [0.15, 0.2) is 48.5 Å². The zero-order valence-electron chi connectivity index (χ0n) is 16.5. The lowest BCUT2D eigenvalue weighted by Crippen LogP contribution is -2.33. The monoisotopic (exact) mass is 422 g/mol. The van der Waals surface area contributed by atoms with Gasteiger partial charge in [0.25, 0.3) is 0 Å². The Kier molecular flexibility index (Phi) is 7.89. The maximum atomic E-state index is 12.4. The largest absolute Gasteiger partial charge is 0.349 e. The summed E-state index contributed by atoms with van der Waals surface area (Å²) in [6.45, 7) is 4.07. The summed E-state index contributed by atoms with van der Waals surface area (Å²) in [5.74, 6) is -0.0908. The van der Waals surface area contributed by atoms with Crippen LogP contribution in [0.1, 0.15) is 43.4 Å². The minimum Gasteiger partial charge on any atom is -0.349 e. The molecule has 0 unspecified atom stereocenters. The predicted molar refractivity (Wildman–Crippen MR) is 115 cm³/mol. The zero-order valence-corrected chi connectivity index (χ0v) is 18.1. The van der Waals surface area contributed by atoms with Crippen LogP contribution in [0.5, 0.6) is 0 Å². The third-order valence-corrected chi connectivity index (χ3v) is 5.97. The third kappa shape index (κ3) is 6.24. The summed E-state index contributed by atoms with van der Waals surface area (Å²) >= 11 is 6.04. The second-order valence-corrected chi connectivity index (χ2v) is 9.15. The first kappa shape index (κ1) is 22.2. The van der Waals surface area contributed by atoms with Gasteiger partial charge in [-0.1, -0.05) is 54.9 Å². The van der Waals surface area contributed by atoms with Crippen LogP contribution in [0, 0.1) is 6.92 Å². The van der Waals surface area contributed by atoms with Gasteiger partial charge in [0.05, 0.1) is 18.0 Å². The number of aryl methyl sites for hydroxylation is 1. The molecule has 0 fully saturated rings. The summed E-state index contributed by atoms with van der Waals surface area (Å²) in [5, 5.41) is 3.50. The van der Waals surface area contributed by atoms with Crippen LogP contribution < -0.4 is 9.62 Å². The maximum absolute atomic E-state index is 12.4. The highest BCUT2D eigenvalue weighted by atomic mass is 35.5. The van der Waals surface area contributed by atoms with E-state index in [1.165, 1.54) is 4.31 Å². The van der Waals surface area contributed by atoms with Gasteiger partial charge in [-0.25, -0.2) is 8.42 Å². The molecule has 0 radical (unpaired) electrons. The molecule has 0 saturated carbocycles. The van der Waals surface area contributed by atoms with E-state index in [0.29, 0.717) is 17.1 Å². The third-order valence-electron chi connectivity index (χ3n) is 4.55. The Morgan fingerprint density at radius 1 is 1.18 bits per heavy atom. The predicted octanol–water partition coefficient (Wildman–Crippen LogP) is 4.46. The van der Waals surface area contributed by atoms with Crippen molar-refractivity contribution in [2.45, 2.75) is 39.2 Å². The molecule has 1 amide bonds. The van der Waals surface area contributed by atoms with Gasteiger partial charge >= 0.3 is 0 Å². The average Bonchev–Trinajstić information content (AvgIpc) is 2.65. The fraction of sp³-hybridized carbons (Fsp3) is 0.381. The Morgan fingerprint density at radius 2 is 1.86 bits per heavy atom. The molecule has 5 nitrogen and oxygen atoms in total. The van der Waals surface area contributed by atoms with E-state index in [9.17, 15) is 13.2 Å². The number of halogens is 1. The summed E-state index contributed by atoms with van der Waals surface area (Å²) in [4.78, 5) is 12.4. The van der Waals surface area contributed by atoms with Crippen LogP contribution in [0.2, 0.25) is 5.02 Å². The smallest absolute Gasteiger partial charge is 0.232 e. The molecule has 0 saturated heterocycles. The molecular weight excluding hydrogens is 396 g/mol. The molecule has 0 heterocycles. The van der Waals surface area contributed by atoms with Gasteiger partial charge in [-0.15, -0.1) is 0 Å². The van der Waals surface area contributed by atoms with Crippen molar-refractivity contribution >= 4 is 33.2 Å². The fourth-order valence-electron chi connectivity index (χ4n) is 3.07. The molecule has 2 aromatic carbocycles. The number of benzene rings is 2. The molecule has 0 spiro atoms. The molecule has 0 aromatic heterocycles. The second-order valence-electron chi connectivity index (χ2n) is 6.81. The highest BCUT2D eigenvalue weighted by Gasteiger charge is 2.20. The van der Waals surface area contributed by atoms with Crippen LogP contribution in [-0.2, 0) is 14.8 Å². The molecule has 28 heavy (non-hydrogen) atoms. The SMILES string of the molecule is CC[C@H](NC(=O)CCCN(c1cc(Cl)ccc1C)S(C)(=O)=O)c1ccccc1. The van der Waals surface area contributed by atoms with Crippen molar-refractivity contribution in [3.05, 3.63) is 64.7 Å². The first-order valence-electron chi connectivity index (χ1n) is 9.30. The minimum absolute atomic E-state index is 0.0464. The van der Waals surface area contributed by atoms with Crippen molar-refractivity contribution in [3.63, 3.8) is 0 Å². The number of hydrogen-bond acceptors (Lipinski definition) is 3. The molecule has 2 rings (SSSR count). The van der Waals surface area contributed by atoms with E-state index in [1.54, 1.807) is 18.2 Å². The zero-order chi connectivity index (χ0) is 20.7. The van der Waals surface area contributed by atoms with E-state index in [0.717, 1.165) is 23.8 Å². The Hall–Kier alpha value is -2.05. The van der Waals surface area contributed by atoms with Crippen LogP contribution in [0.4, 0.5) is 5.69 Å². The van der Waals surface area contributed by atoms with E-state index in [1.807, 2.05) is 44.2 Å². The van der Waals surface area contributed by atoms with Gasteiger partial charge in [0.1, 0.15) is 0 Å². The Morgan fingerprint density at radius 3 is 2.46 bits per heavy atom. The van der Waals surface area contributed by atoms with Gasteiger partial charge in [0, 0.05) is 18.0 Å². The molecule has 2 aromatic rings. The van der Waals surface area contributed by atoms with Gasteiger partial charge in [-0.3, -0.25) is 9.10 Å². The van der Waals surface area contributed by atoms with Crippen molar-refractivity contribution in [2.24, 2.45) is 0 Å². The Balaban J connectivity index is 2.00. The lowest BCUT2D eigenvalue weighted by Gasteiger charge is -2.24. The summed E-state index contributed by atoms with van der Waals surface area (Å²) in [7, 11) is -3.48. The summed E-state index contributed by atoms with van der Waals surface area (Å²) < 4.78 is 25.8. The number of nitrogens with one attached hydrogen (secondary N) is 1. The maximum Gasteiger partial charge on any atom is 0.232 e. The van der Waals surface area contributed by atoms with E-state index in [4.69, 9.17) is 11.6 Å². The second kappa shape index (κ2) is 9.94. The lowest BCUT2D eigenvalue weighted by atomic mass is 10.0. The molecule has 0 bridgehead atoms. The van der Waals surface area contributed by atoms with Crippen molar-refractivity contribution in [1.29, 1.82) is 0 Å². The summed E-state index contributed by atoms with van der Waals surface area (Å²) in [6, 6.07) is 14.9. The highest BCUT2D eigenvalue weighted by Crippen LogP contribution is 2.26. The topological polar surface area (TPSA) is 66.5 Å². The molecule has 1 atom stereocenters. The number of sulfonamides is 1.